The van der Waals surface area contributed by atoms with Crippen LogP contribution in [0.3, 0.4) is 0 Å². The third kappa shape index (κ3) is 4.68. The highest BCUT2D eigenvalue weighted by Gasteiger charge is 2.29. The summed E-state index contributed by atoms with van der Waals surface area (Å²) >= 11 is 1.47. The number of thiophene rings is 1. The average molecular weight is 394 g/mol. The Labute approximate surface area is 163 Å². The van der Waals surface area contributed by atoms with Crippen molar-refractivity contribution in [2.75, 3.05) is 31.6 Å². The molecule has 0 saturated carbocycles. The first kappa shape index (κ1) is 19.8. The minimum Gasteiger partial charge on any atom is -0.466 e. The van der Waals surface area contributed by atoms with Crippen LogP contribution in [0.15, 0.2) is 0 Å². The van der Waals surface area contributed by atoms with E-state index in [9.17, 15) is 14.4 Å². The smallest absolute Gasteiger partial charge is 0.310 e. The van der Waals surface area contributed by atoms with Crippen LogP contribution in [0, 0.1) is 5.92 Å². The summed E-state index contributed by atoms with van der Waals surface area (Å²) in [5, 5.41) is 3.45. The molecule has 2 amide bonds. The molecule has 2 heterocycles. The first-order valence-corrected chi connectivity index (χ1v) is 10.4. The Balaban J connectivity index is 1.63. The fourth-order valence-corrected chi connectivity index (χ4v) is 5.25. The van der Waals surface area contributed by atoms with Crippen LogP contribution in [0.1, 0.15) is 53.4 Å². The van der Waals surface area contributed by atoms with Gasteiger partial charge in [-0.3, -0.25) is 19.3 Å². The fourth-order valence-electron chi connectivity index (χ4n) is 3.94. The van der Waals surface area contributed by atoms with Gasteiger partial charge in [0.05, 0.1) is 24.6 Å². The first-order valence-electron chi connectivity index (χ1n) is 9.62. The fraction of sp³-hybridized carbons (Fsp3) is 0.632. The van der Waals surface area contributed by atoms with E-state index in [1.807, 2.05) is 4.90 Å². The summed E-state index contributed by atoms with van der Waals surface area (Å²) in [6, 6.07) is 0. The number of piperidine rings is 1. The molecule has 1 aliphatic carbocycles. The third-order valence-electron chi connectivity index (χ3n) is 5.16. The van der Waals surface area contributed by atoms with Crippen molar-refractivity contribution in [3.05, 3.63) is 16.0 Å². The van der Waals surface area contributed by atoms with Gasteiger partial charge in [-0.15, -0.1) is 11.3 Å². The number of hydrogen-bond donors (Lipinski definition) is 2. The van der Waals surface area contributed by atoms with E-state index in [1.165, 1.54) is 11.3 Å². The van der Waals surface area contributed by atoms with Crippen molar-refractivity contribution in [2.45, 2.75) is 45.4 Å². The highest BCUT2D eigenvalue weighted by Crippen LogP contribution is 2.37. The first-order chi connectivity index (χ1) is 13.0. The predicted molar refractivity (Wildman–Crippen MR) is 104 cm³/mol. The second kappa shape index (κ2) is 8.84. The van der Waals surface area contributed by atoms with E-state index in [2.05, 4.69) is 5.32 Å². The SMILES string of the molecule is CCOC(=O)[C@H]1CCCN(CC(=O)Nc2sc3c(c2C(N)=O)CCCC3)C1. The maximum absolute atomic E-state index is 12.6. The number of nitrogens with one attached hydrogen (secondary N) is 1. The lowest BCUT2D eigenvalue weighted by Crippen LogP contribution is -2.43. The molecule has 7 nitrogen and oxygen atoms in total. The number of esters is 1. The number of aryl methyl sites for hydroxylation is 1. The molecule has 1 fully saturated rings. The van der Waals surface area contributed by atoms with Crippen molar-refractivity contribution in [3.63, 3.8) is 0 Å². The van der Waals surface area contributed by atoms with Gasteiger partial charge in [0, 0.05) is 11.4 Å². The Morgan fingerprint density at radius 3 is 2.78 bits per heavy atom. The molecule has 1 aromatic heterocycles. The molecule has 0 unspecified atom stereocenters. The summed E-state index contributed by atoms with van der Waals surface area (Å²) in [6.45, 7) is 3.65. The molecule has 0 bridgehead atoms. The Hall–Kier alpha value is -1.93. The van der Waals surface area contributed by atoms with Crippen LogP contribution in [-0.4, -0.2) is 48.9 Å². The number of carbonyl (C=O) groups excluding carboxylic acids is 3. The molecule has 1 saturated heterocycles. The Morgan fingerprint density at radius 1 is 1.26 bits per heavy atom. The molecule has 0 aromatic carbocycles. The number of amides is 2. The summed E-state index contributed by atoms with van der Waals surface area (Å²) in [7, 11) is 0. The van der Waals surface area contributed by atoms with Crippen LogP contribution < -0.4 is 11.1 Å². The number of anilines is 1. The monoisotopic (exact) mass is 393 g/mol. The van der Waals surface area contributed by atoms with E-state index in [0.717, 1.165) is 55.5 Å². The summed E-state index contributed by atoms with van der Waals surface area (Å²) in [5.74, 6) is -1.03. The highest BCUT2D eigenvalue weighted by atomic mass is 32.1. The quantitative estimate of drug-likeness (QED) is 0.719. The van der Waals surface area contributed by atoms with Crippen molar-refractivity contribution in [1.82, 2.24) is 4.90 Å². The summed E-state index contributed by atoms with van der Waals surface area (Å²) in [5.41, 5.74) is 7.06. The summed E-state index contributed by atoms with van der Waals surface area (Å²) < 4.78 is 5.10. The molecule has 3 rings (SSSR count). The van der Waals surface area contributed by atoms with E-state index < -0.39 is 5.91 Å². The zero-order valence-corrected chi connectivity index (χ0v) is 16.5. The molecule has 3 N–H and O–H groups in total. The van der Waals surface area contributed by atoms with Gasteiger partial charge in [-0.25, -0.2) is 0 Å². The summed E-state index contributed by atoms with van der Waals surface area (Å²) in [6.07, 6.45) is 5.57. The molecule has 148 valence electrons. The lowest BCUT2D eigenvalue weighted by Gasteiger charge is -2.30. The van der Waals surface area contributed by atoms with E-state index in [-0.39, 0.29) is 24.3 Å². The van der Waals surface area contributed by atoms with E-state index >= 15 is 0 Å². The summed E-state index contributed by atoms with van der Waals surface area (Å²) in [4.78, 5) is 39.6. The molecule has 8 heteroatoms. The van der Waals surface area contributed by atoms with Crippen molar-refractivity contribution in [3.8, 4) is 0 Å². The number of nitrogens with two attached hydrogens (primary N) is 1. The van der Waals surface area contributed by atoms with Gasteiger partial charge in [0.1, 0.15) is 5.00 Å². The van der Waals surface area contributed by atoms with Gasteiger partial charge in [-0.2, -0.15) is 0 Å². The van der Waals surface area contributed by atoms with Gasteiger partial charge in [0.15, 0.2) is 0 Å². The molecule has 0 radical (unpaired) electrons. The number of ether oxygens (including phenoxy) is 1. The van der Waals surface area contributed by atoms with E-state index in [4.69, 9.17) is 10.5 Å². The van der Waals surface area contributed by atoms with Gasteiger partial charge in [0.25, 0.3) is 5.91 Å². The number of hydrogen-bond acceptors (Lipinski definition) is 6. The van der Waals surface area contributed by atoms with Crippen LogP contribution in [0.5, 0.6) is 0 Å². The molecule has 27 heavy (non-hydrogen) atoms. The number of likely N-dealkylation sites (tertiary alicyclic amines) is 1. The second-order valence-electron chi connectivity index (χ2n) is 7.15. The van der Waals surface area contributed by atoms with Crippen molar-refractivity contribution >= 4 is 34.1 Å². The zero-order chi connectivity index (χ0) is 19.4. The van der Waals surface area contributed by atoms with Gasteiger partial charge in [0.2, 0.25) is 5.91 Å². The normalized spacial score (nSPS) is 20.0. The minimum absolute atomic E-state index is 0.179. The van der Waals surface area contributed by atoms with Crippen molar-refractivity contribution < 1.29 is 19.1 Å². The lowest BCUT2D eigenvalue weighted by molar-refractivity contribution is -0.150. The molecule has 1 aromatic rings. The maximum Gasteiger partial charge on any atom is 0.310 e. The molecule has 1 aliphatic heterocycles. The highest BCUT2D eigenvalue weighted by molar-refractivity contribution is 7.17. The number of nitrogens with zero attached hydrogens (tertiary/aromatic N) is 1. The van der Waals surface area contributed by atoms with Crippen LogP contribution in [0.25, 0.3) is 0 Å². The Bertz CT molecular complexity index is 731. The number of rotatable bonds is 6. The number of primary amides is 1. The van der Waals surface area contributed by atoms with E-state index in [0.29, 0.717) is 23.7 Å². The lowest BCUT2D eigenvalue weighted by atomic mass is 9.95. The van der Waals surface area contributed by atoms with E-state index in [1.54, 1.807) is 6.92 Å². The standard InChI is InChI=1S/C19H27N3O4S/c1-2-26-19(25)12-6-5-9-22(10-12)11-15(23)21-18-16(17(20)24)13-7-3-4-8-14(13)27-18/h12H,2-11H2,1H3,(H2,20,24)(H,21,23)/t12-/m0/s1. The largest absolute Gasteiger partial charge is 0.466 e. The molecule has 1 atom stereocenters. The third-order valence-corrected chi connectivity index (χ3v) is 6.37. The van der Waals surface area contributed by atoms with Crippen LogP contribution in [0.4, 0.5) is 5.00 Å². The van der Waals surface area contributed by atoms with Crippen LogP contribution in [0.2, 0.25) is 0 Å². The molecular formula is C19H27N3O4S. The Morgan fingerprint density at radius 2 is 2.04 bits per heavy atom. The topological polar surface area (TPSA) is 102 Å². The van der Waals surface area contributed by atoms with Gasteiger partial charge >= 0.3 is 5.97 Å². The Kier molecular flexibility index (Phi) is 6.49. The minimum atomic E-state index is -0.481. The number of fused-ring (bicyclic) bond motifs is 1. The zero-order valence-electron chi connectivity index (χ0n) is 15.7. The molecular weight excluding hydrogens is 366 g/mol. The molecule has 2 aliphatic rings. The van der Waals surface area contributed by atoms with Gasteiger partial charge in [-0.1, -0.05) is 0 Å². The van der Waals surface area contributed by atoms with Gasteiger partial charge in [-0.05, 0) is 57.6 Å². The maximum atomic E-state index is 12.6. The van der Waals surface area contributed by atoms with Crippen molar-refractivity contribution in [1.29, 1.82) is 0 Å². The second-order valence-corrected chi connectivity index (χ2v) is 8.26. The van der Waals surface area contributed by atoms with Crippen LogP contribution >= 0.6 is 11.3 Å². The van der Waals surface area contributed by atoms with Crippen molar-refractivity contribution in [2.24, 2.45) is 11.7 Å². The average Bonchev–Trinajstić information content (AvgIpc) is 2.99. The predicted octanol–water partition coefficient (Wildman–Crippen LogP) is 1.94. The van der Waals surface area contributed by atoms with Crippen LogP contribution in [-0.2, 0) is 27.2 Å². The number of carbonyl (C=O) groups is 3. The van der Waals surface area contributed by atoms with Gasteiger partial charge < -0.3 is 15.8 Å². The molecule has 0 spiro atoms.